The molecule has 0 radical (unpaired) electrons. The third-order valence-corrected chi connectivity index (χ3v) is 4.63. The number of rotatable bonds is 7. The minimum atomic E-state index is -5.04. The molecule has 0 aliphatic rings. The van der Waals surface area contributed by atoms with Crippen molar-refractivity contribution >= 4 is 5.91 Å². The van der Waals surface area contributed by atoms with Crippen LogP contribution < -0.4 is 5.32 Å². The maximum absolute atomic E-state index is 13.5. The lowest BCUT2D eigenvalue weighted by Gasteiger charge is -2.30. The third kappa shape index (κ3) is 4.68. The first kappa shape index (κ1) is 21.0. The minimum Gasteiger partial charge on any atom is -0.374 e. The summed E-state index contributed by atoms with van der Waals surface area (Å²) in [7, 11) is 1.33. The summed E-state index contributed by atoms with van der Waals surface area (Å²) in [4.78, 5) is 15.9. The Kier molecular flexibility index (Phi) is 6.30. The Bertz CT molecular complexity index is 759. The molecule has 0 aliphatic carbocycles. The number of hydrogen-bond acceptors (Lipinski definition) is 3. The molecule has 1 heterocycles. The first-order valence-electron chi connectivity index (χ1n) is 8.65. The maximum Gasteiger partial charge on any atom is 0.425 e. The number of hydrogen-bond donors (Lipinski definition) is 2. The molecule has 1 aromatic carbocycles. The van der Waals surface area contributed by atoms with Crippen LogP contribution in [-0.4, -0.2) is 33.3 Å². The summed E-state index contributed by atoms with van der Waals surface area (Å²) >= 11 is 0. The smallest absolute Gasteiger partial charge is 0.374 e. The van der Waals surface area contributed by atoms with Crippen molar-refractivity contribution in [1.29, 1.82) is 0 Å². The Morgan fingerprint density at radius 2 is 1.89 bits per heavy atom. The zero-order valence-electron chi connectivity index (χ0n) is 15.5. The average molecular weight is 383 g/mol. The molecule has 2 unspecified atom stereocenters. The highest BCUT2D eigenvalue weighted by Gasteiger charge is 2.58. The Balaban J connectivity index is 2.13. The van der Waals surface area contributed by atoms with Gasteiger partial charge >= 0.3 is 6.18 Å². The molecule has 0 bridgehead atoms. The molecule has 2 rings (SSSR count). The fourth-order valence-electron chi connectivity index (χ4n) is 3.03. The molecule has 0 fully saturated rings. The van der Waals surface area contributed by atoms with Crippen LogP contribution in [0.15, 0.2) is 42.7 Å². The molecule has 0 aliphatic heterocycles. The molecule has 2 atom stereocenters. The van der Waals surface area contributed by atoms with E-state index in [1.807, 2.05) is 44.2 Å². The van der Waals surface area contributed by atoms with Crippen LogP contribution in [0.25, 0.3) is 0 Å². The van der Waals surface area contributed by atoms with Gasteiger partial charge in [-0.1, -0.05) is 44.2 Å². The van der Waals surface area contributed by atoms with E-state index in [2.05, 4.69) is 10.3 Å². The lowest BCUT2D eigenvalue weighted by molar-refractivity contribution is -0.271. The minimum absolute atomic E-state index is 0.0534. The molecule has 5 nitrogen and oxygen atoms in total. The second-order valence-electron chi connectivity index (χ2n) is 6.96. The molecule has 2 N–H and O–H groups in total. The number of aromatic nitrogens is 2. The van der Waals surface area contributed by atoms with E-state index >= 15 is 0 Å². The van der Waals surface area contributed by atoms with E-state index < -0.39 is 29.9 Å². The van der Waals surface area contributed by atoms with Gasteiger partial charge in [0.25, 0.3) is 0 Å². The number of halogens is 3. The van der Waals surface area contributed by atoms with Crippen LogP contribution >= 0.6 is 0 Å². The lowest BCUT2D eigenvalue weighted by Crippen LogP contribution is -2.48. The molecule has 0 saturated heterocycles. The number of benzene rings is 1. The zero-order valence-corrected chi connectivity index (χ0v) is 15.5. The van der Waals surface area contributed by atoms with Crippen molar-refractivity contribution in [1.82, 2.24) is 14.9 Å². The van der Waals surface area contributed by atoms with Crippen LogP contribution in [0, 0.1) is 5.92 Å². The van der Waals surface area contributed by atoms with E-state index in [4.69, 9.17) is 0 Å². The molecule has 27 heavy (non-hydrogen) atoms. The summed E-state index contributed by atoms with van der Waals surface area (Å²) in [5.41, 5.74) is -2.36. The van der Waals surface area contributed by atoms with Gasteiger partial charge in [-0.3, -0.25) is 4.79 Å². The largest absolute Gasteiger partial charge is 0.425 e. The van der Waals surface area contributed by atoms with Crippen LogP contribution in [0.5, 0.6) is 0 Å². The van der Waals surface area contributed by atoms with Gasteiger partial charge in [0.2, 0.25) is 11.5 Å². The Labute approximate surface area is 156 Å². The quantitative estimate of drug-likeness (QED) is 0.772. The van der Waals surface area contributed by atoms with E-state index in [0.29, 0.717) is 0 Å². The SMILES string of the molecule is CC(C)C(CNC(=O)CC(O)(c1nccn1C)C(F)(F)F)c1ccccc1. The highest BCUT2D eigenvalue weighted by molar-refractivity contribution is 5.77. The van der Waals surface area contributed by atoms with E-state index in [1.165, 1.54) is 13.2 Å². The Morgan fingerprint density at radius 3 is 2.37 bits per heavy atom. The van der Waals surface area contributed by atoms with Crippen LogP contribution in [0.3, 0.4) is 0 Å². The molecule has 0 saturated carbocycles. The highest BCUT2D eigenvalue weighted by Crippen LogP contribution is 2.40. The maximum atomic E-state index is 13.5. The predicted molar refractivity (Wildman–Crippen MR) is 94.8 cm³/mol. The van der Waals surface area contributed by atoms with Crippen molar-refractivity contribution in [2.45, 2.75) is 38.0 Å². The first-order valence-corrected chi connectivity index (χ1v) is 8.65. The van der Waals surface area contributed by atoms with Crippen LogP contribution in [0.1, 0.15) is 37.6 Å². The standard InChI is InChI=1S/C19H24F3N3O2/c1-13(2)15(14-7-5-4-6-8-14)12-24-16(26)11-18(27,19(20,21)22)17-23-9-10-25(17)3/h4-10,13,15,27H,11-12H2,1-3H3,(H,24,26). The highest BCUT2D eigenvalue weighted by atomic mass is 19.4. The molecule has 148 valence electrons. The summed E-state index contributed by atoms with van der Waals surface area (Å²) in [5.74, 6) is -1.39. The second kappa shape index (κ2) is 8.12. The van der Waals surface area contributed by atoms with Gasteiger partial charge in [-0.05, 0) is 11.5 Å². The number of carbonyl (C=O) groups is 1. The number of amides is 1. The van der Waals surface area contributed by atoms with Crippen molar-refractivity contribution in [3.8, 4) is 0 Å². The fourth-order valence-corrected chi connectivity index (χ4v) is 3.03. The molecule has 0 spiro atoms. The number of carbonyl (C=O) groups excluding carboxylic acids is 1. The molecule has 8 heteroatoms. The average Bonchev–Trinajstić information content (AvgIpc) is 3.01. The van der Waals surface area contributed by atoms with E-state index in [-0.39, 0.29) is 18.4 Å². The second-order valence-corrected chi connectivity index (χ2v) is 6.96. The van der Waals surface area contributed by atoms with Gasteiger partial charge in [-0.2, -0.15) is 13.2 Å². The lowest BCUT2D eigenvalue weighted by atomic mass is 9.88. The van der Waals surface area contributed by atoms with Crippen molar-refractivity contribution in [2.24, 2.45) is 13.0 Å². The monoisotopic (exact) mass is 383 g/mol. The summed E-state index contributed by atoms with van der Waals surface area (Å²) in [6.45, 7) is 4.13. The molecule has 1 aromatic heterocycles. The topological polar surface area (TPSA) is 67.2 Å². The van der Waals surface area contributed by atoms with Gasteiger partial charge in [0.05, 0.1) is 6.42 Å². The van der Waals surface area contributed by atoms with Gasteiger partial charge in [-0.15, -0.1) is 0 Å². The Hall–Kier alpha value is -2.35. The molecular formula is C19H24F3N3O2. The van der Waals surface area contributed by atoms with Gasteiger partial charge in [0, 0.05) is 31.9 Å². The van der Waals surface area contributed by atoms with Crippen molar-refractivity contribution in [2.75, 3.05) is 6.54 Å². The zero-order chi connectivity index (χ0) is 20.2. The van der Waals surface area contributed by atoms with Crippen molar-refractivity contribution in [3.05, 3.63) is 54.1 Å². The number of nitrogens with zero attached hydrogens (tertiary/aromatic N) is 2. The first-order chi connectivity index (χ1) is 12.6. The van der Waals surface area contributed by atoms with E-state index in [0.717, 1.165) is 16.3 Å². The fraction of sp³-hybridized carbons (Fsp3) is 0.474. The van der Waals surface area contributed by atoms with Crippen molar-refractivity contribution < 1.29 is 23.1 Å². The predicted octanol–water partition coefficient (Wildman–Crippen LogP) is 3.12. The van der Waals surface area contributed by atoms with Crippen molar-refractivity contribution in [3.63, 3.8) is 0 Å². The summed E-state index contributed by atoms with van der Waals surface area (Å²) in [6.07, 6.45) is -3.76. The number of imidazole rings is 1. The van der Waals surface area contributed by atoms with E-state index in [1.54, 1.807) is 0 Å². The molecule has 2 aromatic rings. The van der Waals surface area contributed by atoms with Crippen LogP contribution in [0.2, 0.25) is 0 Å². The summed E-state index contributed by atoms with van der Waals surface area (Å²) in [5, 5.41) is 12.8. The Morgan fingerprint density at radius 1 is 1.26 bits per heavy atom. The number of aryl methyl sites for hydroxylation is 1. The van der Waals surface area contributed by atoms with Gasteiger partial charge in [0.1, 0.15) is 0 Å². The van der Waals surface area contributed by atoms with Crippen LogP contribution in [0.4, 0.5) is 13.2 Å². The third-order valence-electron chi connectivity index (χ3n) is 4.63. The van der Waals surface area contributed by atoms with Gasteiger partial charge in [-0.25, -0.2) is 4.98 Å². The number of nitrogens with one attached hydrogen (secondary N) is 1. The molecular weight excluding hydrogens is 359 g/mol. The van der Waals surface area contributed by atoms with Gasteiger partial charge < -0.3 is 15.0 Å². The van der Waals surface area contributed by atoms with E-state index in [9.17, 15) is 23.1 Å². The number of aliphatic hydroxyl groups is 1. The number of alkyl halides is 3. The normalized spacial score (nSPS) is 15.4. The van der Waals surface area contributed by atoms with Crippen LogP contribution in [-0.2, 0) is 17.4 Å². The molecule has 1 amide bonds. The summed E-state index contributed by atoms with van der Waals surface area (Å²) < 4.78 is 41.6. The summed E-state index contributed by atoms with van der Waals surface area (Å²) in [6, 6.07) is 9.44. The van der Waals surface area contributed by atoms with Gasteiger partial charge in [0.15, 0.2) is 5.82 Å².